The fourth-order valence-corrected chi connectivity index (χ4v) is 4.89. The third-order valence-electron chi connectivity index (χ3n) is 6.60. The molecule has 2 saturated heterocycles. The van der Waals surface area contributed by atoms with E-state index in [4.69, 9.17) is 4.74 Å². The maximum absolute atomic E-state index is 12.4. The maximum atomic E-state index is 12.4. The van der Waals surface area contributed by atoms with Gasteiger partial charge in [0.05, 0.1) is 12.1 Å². The number of nitrogens with zero attached hydrogens (tertiary/aromatic N) is 2. The van der Waals surface area contributed by atoms with Crippen LogP contribution in [-0.2, 0) is 20.7 Å². The molecule has 2 unspecified atom stereocenters. The summed E-state index contributed by atoms with van der Waals surface area (Å²) in [7, 11) is 2.14. The molecule has 1 aromatic rings. The average molecular weight is 415 g/mol. The van der Waals surface area contributed by atoms with E-state index in [0.717, 1.165) is 45.5 Å². The number of aryl methyl sites for hydroxylation is 1. The van der Waals surface area contributed by atoms with E-state index in [1.807, 2.05) is 0 Å². The predicted octanol–water partition coefficient (Wildman–Crippen LogP) is 1.62. The van der Waals surface area contributed by atoms with Crippen LogP contribution in [0.5, 0.6) is 0 Å². The molecule has 2 fully saturated rings. The Balaban J connectivity index is 1.39. The lowest BCUT2D eigenvalue weighted by molar-refractivity contribution is -0.139. The summed E-state index contributed by atoms with van der Waals surface area (Å²) < 4.78 is 5.50. The molecule has 3 aliphatic rings. The fraction of sp³-hybridized carbons (Fsp3) is 0.652. The van der Waals surface area contributed by atoms with E-state index in [-0.39, 0.29) is 12.1 Å². The second-order valence-corrected chi connectivity index (χ2v) is 8.73. The van der Waals surface area contributed by atoms with Crippen LogP contribution in [0.25, 0.3) is 0 Å². The van der Waals surface area contributed by atoms with Gasteiger partial charge in [-0.3, -0.25) is 14.5 Å². The van der Waals surface area contributed by atoms with Gasteiger partial charge in [0, 0.05) is 39.0 Å². The third-order valence-corrected chi connectivity index (χ3v) is 6.60. The van der Waals surface area contributed by atoms with Crippen molar-refractivity contribution in [1.29, 1.82) is 0 Å². The van der Waals surface area contributed by atoms with Crippen LogP contribution in [0.4, 0.5) is 5.69 Å². The summed E-state index contributed by atoms with van der Waals surface area (Å²) in [6.45, 7) is 4.74. The molecule has 2 atom stereocenters. The van der Waals surface area contributed by atoms with Crippen LogP contribution in [0.1, 0.15) is 49.3 Å². The highest BCUT2D eigenvalue weighted by Gasteiger charge is 2.27. The first-order chi connectivity index (χ1) is 14.6. The predicted molar refractivity (Wildman–Crippen MR) is 117 cm³/mol. The van der Waals surface area contributed by atoms with E-state index >= 15 is 0 Å². The van der Waals surface area contributed by atoms with Crippen LogP contribution in [0.15, 0.2) is 18.2 Å². The second-order valence-electron chi connectivity index (χ2n) is 8.73. The number of fused-ring (bicyclic) bond motifs is 1. The number of hydrogen-bond donors (Lipinski definition) is 2. The summed E-state index contributed by atoms with van der Waals surface area (Å²) in [4.78, 5) is 29.3. The van der Waals surface area contributed by atoms with Crippen molar-refractivity contribution in [1.82, 2.24) is 15.5 Å². The number of ether oxygens (including phenoxy) is 1. The number of likely N-dealkylation sites (tertiary alicyclic amines) is 1. The average Bonchev–Trinajstić information content (AvgIpc) is 3.46. The van der Waals surface area contributed by atoms with Crippen LogP contribution in [0.3, 0.4) is 0 Å². The van der Waals surface area contributed by atoms with E-state index in [1.54, 1.807) is 0 Å². The van der Waals surface area contributed by atoms with Crippen LogP contribution in [0.2, 0.25) is 0 Å². The number of rotatable bonds is 6. The smallest absolute Gasteiger partial charge is 0.309 e. The largest absolute Gasteiger partial charge is 0.376 e. The first-order valence-corrected chi connectivity index (χ1v) is 11.4. The highest BCUT2D eigenvalue weighted by atomic mass is 16.5. The van der Waals surface area contributed by atoms with Crippen LogP contribution < -0.4 is 15.5 Å². The molecule has 2 amide bonds. The molecule has 7 nitrogen and oxygen atoms in total. The van der Waals surface area contributed by atoms with Crippen molar-refractivity contribution in [2.24, 2.45) is 0 Å². The number of carbonyl (C=O) groups excluding carboxylic acids is 2. The lowest BCUT2D eigenvalue weighted by atomic mass is 9.96. The Morgan fingerprint density at radius 2 is 1.90 bits per heavy atom. The van der Waals surface area contributed by atoms with E-state index in [2.05, 4.69) is 45.7 Å². The molecule has 0 radical (unpaired) electrons. The van der Waals surface area contributed by atoms with Crippen molar-refractivity contribution < 1.29 is 14.3 Å². The minimum atomic E-state index is -0.572. The highest BCUT2D eigenvalue weighted by molar-refractivity contribution is 6.35. The Morgan fingerprint density at radius 1 is 1.10 bits per heavy atom. The highest BCUT2D eigenvalue weighted by Crippen LogP contribution is 2.31. The molecule has 4 rings (SSSR count). The SMILES string of the molecule is CN1CCCc2cc(C(CNC(=O)C(=O)NCC3CCCO3)N3CCCC3)ccc21. The molecule has 0 bridgehead atoms. The molecule has 3 aliphatic heterocycles. The number of hydrogen-bond acceptors (Lipinski definition) is 5. The minimum absolute atomic E-state index is 0.0349. The number of anilines is 1. The van der Waals surface area contributed by atoms with Crippen molar-refractivity contribution in [3.8, 4) is 0 Å². The third kappa shape index (κ3) is 4.95. The number of amides is 2. The Kier molecular flexibility index (Phi) is 6.89. The van der Waals surface area contributed by atoms with Crippen molar-refractivity contribution in [3.05, 3.63) is 29.3 Å². The fourth-order valence-electron chi connectivity index (χ4n) is 4.89. The van der Waals surface area contributed by atoms with Crippen molar-refractivity contribution in [2.75, 3.05) is 51.3 Å². The summed E-state index contributed by atoms with van der Waals surface area (Å²) in [6.07, 6.45) is 6.61. The van der Waals surface area contributed by atoms with E-state index < -0.39 is 11.8 Å². The standard InChI is InChI=1S/C23H34N4O3/c1-26-10-4-6-17-14-18(8-9-20(17)26)21(27-11-2-3-12-27)16-25-23(29)22(28)24-15-19-7-5-13-30-19/h8-9,14,19,21H,2-7,10-13,15-16H2,1H3,(H,24,28)(H,25,29). The van der Waals surface area contributed by atoms with Crippen LogP contribution in [-0.4, -0.2) is 69.2 Å². The molecular weight excluding hydrogens is 380 g/mol. The number of nitrogens with one attached hydrogen (secondary N) is 2. The molecule has 0 aromatic heterocycles. The van der Waals surface area contributed by atoms with E-state index in [9.17, 15) is 9.59 Å². The maximum Gasteiger partial charge on any atom is 0.309 e. The zero-order chi connectivity index (χ0) is 20.9. The lowest BCUT2D eigenvalue weighted by Gasteiger charge is -2.31. The van der Waals surface area contributed by atoms with Gasteiger partial charge in [-0.25, -0.2) is 0 Å². The molecule has 0 aliphatic carbocycles. The topological polar surface area (TPSA) is 73.9 Å². The Morgan fingerprint density at radius 3 is 2.67 bits per heavy atom. The minimum Gasteiger partial charge on any atom is -0.376 e. The molecule has 2 N–H and O–H groups in total. The summed E-state index contributed by atoms with van der Waals surface area (Å²) in [6, 6.07) is 6.80. The summed E-state index contributed by atoms with van der Waals surface area (Å²) in [5.41, 5.74) is 3.92. The van der Waals surface area contributed by atoms with Crippen LogP contribution in [0, 0.1) is 0 Å². The van der Waals surface area contributed by atoms with Gasteiger partial charge in [0.15, 0.2) is 0 Å². The Hall–Kier alpha value is -2.12. The first kappa shape index (κ1) is 21.1. The summed E-state index contributed by atoms with van der Waals surface area (Å²) in [5, 5.41) is 5.59. The Labute approximate surface area is 179 Å². The van der Waals surface area contributed by atoms with Gasteiger partial charge in [-0.15, -0.1) is 0 Å². The molecule has 30 heavy (non-hydrogen) atoms. The van der Waals surface area contributed by atoms with Gasteiger partial charge in [-0.1, -0.05) is 12.1 Å². The monoisotopic (exact) mass is 414 g/mol. The number of carbonyl (C=O) groups is 2. The second kappa shape index (κ2) is 9.79. The molecule has 1 aromatic carbocycles. The van der Waals surface area contributed by atoms with Gasteiger partial charge in [0.25, 0.3) is 0 Å². The van der Waals surface area contributed by atoms with Crippen molar-refractivity contribution >= 4 is 17.5 Å². The van der Waals surface area contributed by atoms with Gasteiger partial charge in [-0.2, -0.15) is 0 Å². The molecule has 3 heterocycles. The van der Waals surface area contributed by atoms with E-state index in [1.165, 1.54) is 36.1 Å². The first-order valence-electron chi connectivity index (χ1n) is 11.4. The van der Waals surface area contributed by atoms with E-state index in [0.29, 0.717) is 13.1 Å². The van der Waals surface area contributed by atoms with Gasteiger partial charge in [-0.05, 0) is 68.8 Å². The normalized spacial score (nSPS) is 22.6. The molecule has 7 heteroatoms. The molecule has 164 valence electrons. The van der Waals surface area contributed by atoms with Gasteiger partial charge >= 0.3 is 11.8 Å². The summed E-state index contributed by atoms with van der Waals surface area (Å²) in [5.74, 6) is -1.13. The molecule has 0 spiro atoms. The zero-order valence-electron chi connectivity index (χ0n) is 18.0. The molecule has 0 saturated carbocycles. The quantitative estimate of drug-likeness (QED) is 0.692. The van der Waals surface area contributed by atoms with Crippen molar-refractivity contribution in [3.63, 3.8) is 0 Å². The van der Waals surface area contributed by atoms with Gasteiger partial charge in [0.1, 0.15) is 0 Å². The van der Waals surface area contributed by atoms with Gasteiger partial charge < -0.3 is 20.3 Å². The Bertz CT molecular complexity index is 757. The van der Waals surface area contributed by atoms with Crippen molar-refractivity contribution in [2.45, 2.75) is 50.7 Å². The number of benzene rings is 1. The zero-order valence-corrected chi connectivity index (χ0v) is 18.0. The van der Waals surface area contributed by atoms with Gasteiger partial charge in [0.2, 0.25) is 0 Å². The summed E-state index contributed by atoms with van der Waals surface area (Å²) >= 11 is 0. The van der Waals surface area contributed by atoms with Crippen LogP contribution >= 0.6 is 0 Å². The lowest BCUT2D eigenvalue weighted by Crippen LogP contribution is -2.45. The molecular formula is C23H34N4O3.